The molecule has 0 unspecified atom stereocenters. The lowest BCUT2D eigenvalue weighted by Crippen LogP contribution is -2.54. The van der Waals surface area contributed by atoms with E-state index in [2.05, 4.69) is 5.32 Å². The molecule has 1 aromatic heterocycles. The number of imide groups is 2. The van der Waals surface area contributed by atoms with E-state index >= 15 is 0 Å². The molecule has 2 aromatic carbocycles. The molecule has 0 spiro atoms. The monoisotopic (exact) mass is 389 g/mol. The first-order valence-electron chi connectivity index (χ1n) is 9.18. The fourth-order valence-electron chi connectivity index (χ4n) is 3.44. The molecule has 1 N–H and O–H groups in total. The van der Waals surface area contributed by atoms with Crippen LogP contribution in [0.1, 0.15) is 12.5 Å². The van der Waals surface area contributed by atoms with Gasteiger partial charge in [0.15, 0.2) is 0 Å². The quantitative estimate of drug-likeness (QED) is 0.549. The van der Waals surface area contributed by atoms with Gasteiger partial charge in [-0.15, -0.1) is 0 Å². The molecule has 7 nitrogen and oxygen atoms in total. The van der Waals surface area contributed by atoms with Gasteiger partial charge in [0.2, 0.25) is 0 Å². The van der Waals surface area contributed by atoms with Gasteiger partial charge in [-0.2, -0.15) is 0 Å². The van der Waals surface area contributed by atoms with Gasteiger partial charge in [0.25, 0.3) is 11.8 Å². The van der Waals surface area contributed by atoms with Crippen molar-refractivity contribution in [1.29, 1.82) is 0 Å². The minimum absolute atomic E-state index is 0.118. The summed E-state index contributed by atoms with van der Waals surface area (Å²) in [4.78, 5) is 39.0. The van der Waals surface area contributed by atoms with Crippen LogP contribution in [0.2, 0.25) is 0 Å². The predicted molar refractivity (Wildman–Crippen MR) is 110 cm³/mol. The first kappa shape index (κ1) is 18.5. The van der Waals surface area contributed by atoms with Gasteiger partial charge in [-0.3, -0.25) is 14.9 Å². The van der Waals surface area contributed by atoms with Crippen molar-refractivity contribution in [2.24, 2.45) is 7.05 Å². The Morgan fingerprint density at radius 1 is 1.03 bits per heavy atom. The summed E-state index contributed by atoms with van der Waals surface area (Å²) < 4.78 is 7.46. The van der Waals surface area contributed by atoms with Crippen molar-refractivity contribution in [2.45, 2.75) is 6.92 Å². The molecule has 4 amide bonds. The van der Waals surface area contributed by atoms with Crippen molar-refractivity contribution < 1.29 is 19.1 Å². The van der Waals surface area contributed by atoms with Crippen LogP contribution in [-0.4, -0.2) is 29.0 Å². The maximum absolute atomic E-state index is 13.2. The number of rotatable bonds is 4. The Morgan fingerprint density at radius 2 is 1.76 bits per heavy atom. The summed E-state index contributed by atoms with van der Waals surface area (Å²) in [5, 5.41) is 3.15. The van der Waals surface area contributed by atoms with E-state index in [0.717, 1.165) is 15.8 Å². The van der Waals surface area contributed by atoms with E-state index in [0.29, 0.717) is 17.9 Å². The first-order chi connectivity index (χ1) is 14.0. The van der Waals surface area contributed by atoms with Crippen LogP contribution in [0.25, 0.3) is 17.0 Å². The van der Waals surface area contributed by atoms with Crippen LogP contribution in [-0.2, 0) is 16.6 Å². The third-order valence-corrected chi connectivity index (χ3v) is 4.74. The maximum Gasteiger partial charge on any atom is 0.336 e. The molecule has 1 aliphatic rings. The Labute approximate surface area is 167 Å². The molecule has 1 aliphatic heterocycles. The highest BCUT2D eigenvalue weighted by Gasteiger charge is 2.38. The van der Waals surface area contributed by atoms with E-state index in [-0.39, 0.29) is 11.3 Å². The van der Waals surface area contributed by atoms with Crippen LogP contribution < -0.4 is 15.0 Å². The number of barbiturate groups is 1. The van der Waals surface area contributed by atoms with Gasteiger partial charge in [-0.1, -0.05) is 30.3 Å². The Kier molecular flexibility index (Phi) is 4.64. The number of carbonyl (C=O) groups excluding carboxylic acids is 3. The van der Waals surface area contributed by atoms with Crippen molar-refractivity contribution in [1.82, 2.24) is 9.88 Å². The molecule has 146 valence electrons. The van der Waals surface area contributed by atoms with Crippen molar-refractivity contribution in [3.05, 3.63) is 65.9 Å². The van der Waals surface area contributed by atoms with Gasteiger partial charge in [0, 0.05) is 29.7 Å². The van der Waals surface area contributed by atoms with Gasteiger partial charge >= 0.3 is 6.03 Å². The maximum atomic E-state index is 13.2. The number of fused-ring (bicyclic) bond motifs is 1. The second-order valence-corrected chi connectivity index (χ2v) is 6.57. The average molecular weight is 389 g/mol. The standard InChI is InChI=1S/C22H19N3O4/c1-3-29-19-11-7-6-10-18(19)25-21(27)16(20(26)23-22(25)28)12-14-13-24(2)17-9-5-4-8-15(14)17/h4-13H,3H2,1-2H3,(H,23,26,28)/b16-12-. The summed E-state index contributed by atoms with van der Waals surface area (Å²) in [6.07, 6.45) is 3.36. The number of aromatic nitrogens is 1. The number of nitrogens with one attached hydrogen (secondary N) is 1. The Hall–Kier alpha value is -3.87. The summed E-state index contributed by atoms with van der Waals surface area (Å²) in [6.45, 7) is 2.18. The highest BCUT2D eigenvalue weighted by Crippen LogP contribution is 2.31. The first-order valence-corrected chi connectivity index (χ1v) is 9.18. The van der Waals surface area contributed by atoms with Crippen LogP contribution >= 0.6 is 0 Å². The molecular weight excluding hydrogens is 370 g/mol. The van der Waals surface area contributed by atoms with Crippen molar-refractivity contribution in [3.8, 4) is 5.75 Å². The zero-order valence-electron chi connectivity index (χ0n) is 16.0. The van der Waals surface area contributed by atoms with Gasteiger partial charge in [-0.05, 0) is 31.2 Å². The van der Waals surface area contributed by atoms with Gasteiger partial charge in [0.1, 0.15) is 11.3 Å². The van der Waals surface area contributed by atoms with Gasteiger partial charge < -0.3 is 9.30 Å². The van der Waals surface area contributed by atoms with Crippen molar-refractivity contribution in [3.63, 3.8) is 0 Å². The van der Waals surface area contributed by atoms with E-state index in [1.165, 1.54) is 6.08 Å². The smallest absolute Gasteiger partial charge is 0.336 e. The van der Waals surface area contributed by atoms with E-state index in [1.807, 2.05) is 49.0 Å². The van der Waals surface area contributed by atoms with Gasteiger partial charge in [0.05, 0.1) is 12.3 Å². The Morgan fingerprint density at radius 3 is 2.55 bits per heavy atom. The summed E-state index contributed by atoms with van der Waals surface area (Å²) in [6, 6.07) is 13.6. The van der Waals surface area contributed by atoms with E-state index < -0.39 is 17.8 Å². The molecule has 1 saturated heterocycles. The normalized spacial score (nSPS) is 15.9. The molecule has 3 aromatic rings. The van der Waals surface area contributed by atoms with Crippen LogP contribution in [0, 0.1) is 0 Å². The fourth-order valence-corrected chi connectivity index (χ4v) is 3.44. The molecule has 0 saturated carbocycles. The van der Waals surface area contributed by atoms with Gasteiger partial charge in [-0.25, -0.2) is 9.69 Å². The van der Waals surface area contributed by atoms with Crippen molar-refractivity contribution >= 4 is 40.5 Å². The predicted octanol–water partition coefficient (Wildman–Crippen LogP) is 3.24. The average Bonchev–Trinajstić information content (AvgIpc) is 3.02. The minimum atomic E-state index is -0.803. The van der Waals surface area contributed by atoms with E-state index in [1.54, 1.807) is 24.3 Å². The number of anilines is 1. The molecule has 1 fully saturated rings. The van der Waals surface area contributed by atoms with Crippen molar-refractivity contribution in [2.75, 3.05) is 11.5 Å². The fraction of sp³-hybridized carbons (Fsp3) is 0.136. The highest BCUT2D eigenvalue weighted by atomic mass is 16.5. The zero-order valence-corrected chi connectivity index (χ0v) is 16.0. The lowest BCUT2D eigenvalue weighted by Gasteiger charge is -2.27. The third kappa shape index (κ3) is 3.16. The number of benzene rings is 2. The summed E-state index contributed by atoms with van der Waals surface area (Å²) in [7, 11) is 1.89. The molecule has 0 aliphatic carbocycles. The van der Waals surface area contributed by atoms with E-state index in [9.17, 15) is 14.4 Å². The lowest BCUT2D eigenvalue weighted by atomic mass is 10.1. The molecular formula is C22H19N3O4. The third-order valence-electron chi connectivity index (χ3n) is 4.74. The number of nitrogens with zero attached hydrogens (tertiary/aromatic N) is 2. The number of hydrogen-bond donors (Lipinski definition) is 1. The molecule has 4 rings (SSSR count). The van der Waals surface area contributed by atoms with E-state index in [4.69, 9.17) is 4.74 Å². The number of urea groups is 1. The lowest BCUT2D eigenvalue weighted by molar-refractivity contribution is -0.122. The molecule has 0 bridgehead atoms. The highest BCUT2D eigenvalue weighted by molar-refractivity contribution is 6.39. The van der Waals surface area contributed by atoms with Crippen LogP contribution in [0.15, 0.2) is 60.3 Å². The van der Waals surface area contributed by atoms with Crippen LogP contribution in [0.5, 0.6) is 5.75 Å². The second kappa shape index (κ2) is 7.27. The Balaban J connectivity index is 1.81. The second-order valence-electron chi connectivity index (χ2n) is 6.57. The van der Waals surface area contributed by atoms with Crippen LogP contribution in [0.4, 0.5) is 10.5 Å². The molecule has 0 atom stereocenters. The molecule has 2 heterocycles. The number of carbonyl (C=O) groups is 3. The zero-order chi connectivity index (χ0) is 20.5. The number of ether oxygens (including phenoxy) is 1. The molecule has 7 heteroatoms. The minimum Gasteiger partial charge on any atom is -0.492 e. The topological polar surface area (TPSA) is 80.6 Å². The number of para-hydroxylation sites is 3. The largest absolute Gasteiger partial charge is 0.492 e. The molecule has 29 heavy (non-hydrogen) atoms. The number of aryl methyl sites for hydroxylation is 1. The Bertz CT molecular complexity index is 1180. The van der Waals surface area contributed by atoms with Crippen LogP contribution in [0.3, 0.4) is 0 Å². The number of amides is 4. The SMILES string of the molecule is CCOc1ccccc1N1C(=O)NC(=O)/C(=C/c2cn(C)c3ccccc23)C1=O. The number of hydrogen-bond acceptors (Lipinski definition) is 4. The molecule has 0 radical (unpaired) electrons. The summed E-state index contributed by atoms with van der Waals surface area (Å²) in [5.41, 5.74) is 1.85. The summed E-state index contributed by atoms with van der Waals surface area (Å²) in [5.74, 6) is -1.03. The summed E-state index contributed by atoms with van der Waals surface area (Å²) >= 11 is 0.